The molecule has 1 fully saturated rings. The number of benzene rings is 2. The van der Waals surface area contributed by atoms with Gasteiger partial charge in [0.1, 0.15) is 4.90 Å². The van der Waals surface area contributed by atoms with Crippen LogP contribution in [0.25, 0.3) is 0 Å². The quantitative estimate of drug-likeness (QED) is 0.539. The van der Waals surface area contributed by atoms with Crippen molar-refractivity contribution in [3.05, 3.63) is 64.7 Å². The van der Waals surface area contributed by atoms with Gasteiger partial charge in [-0.3, -0.25) is 4.79 Å². The molecular formula is C24H29ClN2O5S. The number of carbonyl (C=O) groups excluding carboxylic acids is 2. The molecule has 0 spiro atoms. The Labute approximate surface area is 200 Å². The molecule has 0 unspecified atom stereocenters. The first kappa shape index (κ1) is 25.2. The number of nitrogens with one attached hydrogen (secondary N) is 1. The summed E-state index contributed by atoms with van der Waals surface area (Å²) in [4.78, 5) is 23.9. The van der Waals surface area contributed by atoms with E-state index in [2.05, 4.69) is 17.4 Å². The number of nitrogens with zero attached hydrogens (tertiary/aromatic N) is 1. The van der Waals surface area contributed by atoms with Crippen LogP contribution in [0.15, 0.2) is 53.4 Å². The van der Waals surface area contributed by atoms with Gasteiger partial charge in [0.2, 0.25) is 10.0 Å². The van der Waals surface area contributed by atoms with Crippen molar-refractivity contribution >= 4 is 33.5 Å². The van der Waals surface area contributed by atoms with Gasteiger partial charge in [0.15, 0.2) is 6.61 Å². The molecular weight excluding hydrogens is 464 g/mol. The van der Waals surface area contributed by atoms with Crippen molar-refractivity contribution in [3.63, 3.8) is 0 Å². The Kier molecular flexibility index (Phi) is 8.88. The number of ether oxygens (including phenoxy) is 1. The lowest BCUT2D eigenvalue weighted by Gasteiger charge is -2.31. The van der Waals surface area contributed by atoms with E-state index in [1.54, 1.807) is 0 Å². The molecule has 1 N–H and O–H groups in total. The molecule has 3 rings (SSSR count). The number of sulfonamides is 1. The Hall–Kier alpha value is -2.42. The molecule has 0 radical (unpaired) electrons. The molecule has 1 amide bonds. The lowest BCUT2D eigenvalue weighted by Crippen LogP contribution is -2.39. The zero-order valence-electron chi connectivity index (χ0n) is 18.6. The van der Waals surface area contributed by atoms with Gasteiger partial charge in [-0.05, 0) is 55.4 Å². The molecule has 1 saturated heterocycles. The second kappa shape index (κ2) is 11.6. The molecule has 2 aromatic rings. The van der Waals surface area contributed by atoms with E-state index in [9.17, 15) is 18.0 Å². The van der Waals surface area contributed by atoms with E-state index in [0.29, 0.717) is 25.6 Å². The summed E-state index contributed by atoms with van der Waals surface area (Å²) in [7, 11) is -3.87. The molecule has 2 aromatic carbocycles. The minimum Gasteiger partial charge on any atom is -0.452 e. The van der Waals surface area contributed by atoms with Crippen LogP contribution in [-0.2, 0) is 26.0 Å². The summed E-state index contributed by atoms with van der Waals surface area (Å²) in [6, 6.07) is 14.1. The van der Waals surface area contributed by atoms with Crippen molar-refractivity contribution in [1.82, 2.24) is 9.62 Å². The van der Waals surface area contributed by atoms with Gasteiger partial charge in [-0.15, -0.1) is 0 Å². The third kappa shape index (κ3) is 6.79. The Morgan fingerprint density at radius 3 is 2.48 bits per heavy atom. The van der Waals surface area contributed by atoms with Gasteiger partial charge >= 0.3 is 5.97 Å². The SMILES string of the molecule is CCCNC(=O)COC(=O)c1ccc(Cl)c(S(=O)(=O)N2CCC(Cc3ccccc3)CC2)c1. The molecule has 1 aliphatic rings. The van der Waals surface area contributed by atoms with Gasteiger partial charge in [-0.2, -0.15) is 4.31 Å². The fraction of sp³-hybridized carbons (Fsp3) is 0.417. The maximum absolute atomic E-state index is 13.3. The molecule has 1 aliphatic heterocycles. The average Bonchev–Trinajstić information content (AvgIpc) is 2.82. The van der Waals surface area contributed by atoms with Crippen LogP contribution >= 0.6 is 11.6 Å². The number of amides is 1. The lowest BCUT2D eigenvalue weighted by atomic mass is 9.91. The fourth-order valence-corrected chi connectivity index (χ4v) is 5.77. The number of rotatable bonds is 9. The highest BCUT2D eigenvalue weighted by atomic mass is 35.5. The maximum Gasteiger partial charge on any atom is 0.338 e. The summed E-state index contributed by atoms with van der Waals surface area (Å²) in [6.07, 6.45) is 3.19. The minimum absolute atomic E-state index is 0.0280. The van der Waals surface area contributed by atoms with Crippen molar-refractivity contribution in [2.24, 2.45) is 5.92 Å². The van der Waals surface area contributed by atoms with Crippen molar-refractivity contribution in [2.75, 3.05) is 26.2 Å². The summed E-state index contributed by atoms with van der Waals surface area (Å²) >= 11 is 6.20. The van der Waals surface area contributed by atoms with E-state index in [1.807, 2.05) is 25.1 Å². The first-order valence-corrected chi connectivity index (χ1v) is 12.9. The first-order chi connectivity index (χ1) is 15.8. The van der Waals surface area contributed by atoms with Gasteiger partial charge in [0.25, 0.3) is 5.91 Å². The number of hydrogen-bond acceptors (Lipinski definition) is 5. The highest BCUT2D eigenvalue weighted by Crippen LogP contribution is 2.30. The molecule has 0 aromatic heterocycles. The summed E-state index contributed by atoms with van der Waals surface area (Å²) in [5.74, 6) is -0.781. The smallest absolute Gasteiger partial charge is 0.338 e. The Bertz CT molecular complexity index is 1070. The van der Waals surface area contributed by atoms with E-state index in [4.69, 9.17) is 16.3 Å². The van der Waals surface area contributed by atoms with Gasteiger partial charge < -0.3 is 10.1 Å². The van der Waals surface area contributed by atoms with E-state index in [1.165, 1.54) is 28.1 Å². The van der Waals surface area contributed by atoms with Crippen LogP contribution in [-0.4, -0.2) is 50.8 Å². The van der Waals surface area contributed by atoms with Crippen molar-refractivity contribution < 1.29 is 22.7 Å². The fourth-order valence-electron chi connectivity index (χ4n) is 3.80. The third-order valence-electron chi connectivity index (χ3n) is 5.63. The zero-order valence-corrected chi connectivity index (χ0v) is 20.2. The molecule has 0 aliphatic carbocycles. The number of halogens is 1. The summed E-state index contributed by atoms with van der Waals surface area (Å²) in [5.41, 5.74) is 1.27. The molecule has 33 heavy (non-hydrogen) atoms. The van der Waals surface area contributed by atoms with E-state index in [0.717, 1.165) is 25.7 Å². The highest BCUT2D eigenvalue weighted by molar-refractivity contribution is 7.89. The second-order valence-corrected chi connectivity index (χ2v) is 10.4. The standard InChI is InChI=1S/C24H29ClN2O5S/c1-2-12-26-23(28)17-32-24(29)20-8-9-21(25)22(16-20)33(30,31)27-13-10-19(11-14-27)15-18-6-4-3-5-7-18/h3-9,16,19H,2,10-15,17H2,1H3,(H,26,28). The number of carbonyl (C=O) groups is 2. The number of piperidine rings is 1. The molecule has 178 valence electrons. The van der Waals surface area contributed by atoms with Crippen molar-refractivity contribution in [1.29, 1.82) is 0 Å². The molecule has 0 bridgehead atoms. The van der Waals surface area contributed by atoms with Gasteiger partial charge in [0, 0.05) is 19.6 Å². The monoisotopic (exact) mass is 492 g/mol. The van der Waals surface area contributed by atoms with Crippen molar-refractivity contribution in [2.45, 2.75) is 37.5 Å². The normalized spacial score (nSPS) is 15.2. The van der Waals surface area contributed by atoms with Crippen LogP contribution < -0.4 is 5.32 Å². The Morgan fingerprint density at radius 1 is 1.12 bits per heavy atom. The first-order valence-electron chi connectivity index (χ1n) is 11.1. The topological polar surface area (TPSA) is 92.8 Å². The summed E-state index contributed by atoms with van der Waals surface area (Å²) in [6.45, 7) is 2.75. The van der Waals surface area contributed by atoms with E-state index in [-0.39, 0.29) is 15.5 Å². The average molecular weight is 493 g/mol. The van der Waals surface area contributed by atoms with Crippen LogP contribution in [0.3, 0.4) is 0 Å². The van der Waals surface area contributed by atoms with Crippen LogP contribution in [0.4, 0.5) is 0 Å². The molecule has 7 nitrogen and oxygen atoms in total. The van der Waals surface area contributed by atoms with Crippen LogP contribution in [0.1, 0.15) is 42.1 Å². The number of hydrogen-bond donors (Lipinski definition) is 1. The molecule has 0 atom stereocenters. The van der Waals surface area contributed by atoms with E-state index < -0.39 is 28.5 Å². The van der Waals surface area contributed by atoms with Gasteiger partial charge in [-0.25, -0.2) is 13.2 Å². The number of esters is 1. The molecule has 9 heteroatoms. The molecule has 0 saturated carbocycles. The minimum atomic E-state index is -3.87. The predicted molar refractivity (Wildman–Crippen MR) is 127 cm³/mol. The van der Waals surface area contributed by atoms with Crippen LogP contribution in [0, 0.1) is 5.92 Å². The van der Waals surface area contributed by atoms with Crippen molar-refractivity contribution in [3.8, 4) is 0 Å². The van der Waals surface area contributed by atoms with Gasteiger partial charge in [0.05, 0.1) is 10.6 Å². The summed E-state index contributed by atoms with van der Waals surface area (Å²) in [5, 5.41) is 2.65. The van der Waals surface area contributed by atoms with Crippen LogP contribution in [0.2, 0.25) is 5.02 Å². The largest absolute Gasteiger partial charge is 0.452 e. The second-order valence-electron chi connectivity index (χ2n) is 8.11. The van der Waals surface area contributed by atoms with E-state index >= 15 is 0 Å². The Balaban J connectivity index is 1.64. The maximum atomic E-state index is 13.3. The summed E-state index contributed by atoms with van der Waals surface area (Å²) < 4.78 is 32.9. The third-order valence-corrected chi connectivity index (χ3v) is 8.01. The highest BCUT2D eigenvalue weighted by Gasteiger charge is 2.31. The zero-order chi connectivity index (χ0) is 23.8. The lowest BCUT2D eigenvalue weighted by molar-refractivity contribution is -0.124. The molecule has 1 heterocycles. The van der Waals surface area contributed by atoms with Crippen LogP contribution in [0.5, 0.6) is 0 Å². The Morgan fingerprint density at radius 2 is 1.82 bits per heavy atom. The van der Waals surface area contributed by atoms with Gasteiger partial charge in [-0.1, -0.05) is 48.9 Å². The predicted octanol–water partition coefficient (Wildman–Crippen LogP) is 3.67.